The Hall–Kier alpha value is -4.25. The molecule has 0 heterocycles. The number of halogens is 2. The molecular weight excluding hydrogens is 571 g/mol. The van der Waals surface area contributed by atoms with E-state index in [9.17, 15) is 18.8 Å². The Kier molecular flexibility index (Phi) is 10.2. The number of hydrogen-bond acceptors (Lipinski definition) is 6. The van der Waals surface area contributed by atoms with E-state index in [-0.39, 0.29) is 18.2 Å². The lowest BCUT2D eigenvalue weighted by Gasteiger charge is -2.16. The van der Waals surface area contributed by atoms with Gasteiger partial charge in [0.1, 0.15) is 5.82 Å². The SMILES string of the molecule is CCOc1cc(/C=N\NC(=O)C(=O)Nc2ccccc2F)cc(Br)c1OCC(=O)Nc1c(C)cc(C)cc1C. The zero-order valence-corrected chi connectivity index (χ0v) is 23.4. The Morgan fingerprint density at radius 3 is 2.33 bits per heavy atom. The number of anilines is 2. The summed E-state index contributed by atoms with van der Waals surface area (Å²) in [5.74, 6) is -2.51. The van der Waals surface area contributed by atoms with Gasteiger partial charge in [-0.1, -0.05) is 29.8 Å². The van der Waals surface area contributed by atoms with Gasteiger partial charge in [-0.25, -0.2) is 9.82 Å². The zero-order valence-electron chi connectivity index (χ0n) is 21.9. The Morgan fingerprint density at radius 2 is 1.67 bits per heavy atom. The van der Waals surface area contributed by atoms with Gasteiger partial charge in [0.05, 0.1) is 23.0 Å². The van der Waals surface area contributed by atoms with Crippen molar-refractivity contribution in [1.29, 1.82) is 0 Å². The standard InChI is InChI=1S/C28H28BrFN4O5/c1-5-38-23-13-19(14-31-34-28(37)27(36)32-22-9-7-6-8-21(22)30)12-20(29)26(23)39-15-24(35)33-25-17(3)10-16(2)11-18(25)4/h6-14H,5,15H2,1-4H3,(H,32,36)(H,33,35)(H,34,37)/b31-14-. The van der Waals surface area contributed by atoms with Crippen molar-refractivity contribution in [3.63, 3.8) is 0 Å². The van der Waals surface area contributed by atoms with Crippen molar-refractivity contribution in [2.75, 3.05) is 23.8 Å². The van der Waals surface area contributed by atoms with E-state index in [0.717, 1.165) is 28.4 Å². The summed E-state index contributed by atoms with van der Waals surface area (Å²) in [6.45, 7) is 7.71. The van der Waals surface area contributed by atoms with Gasteiger partial charge in [0.2, 0.25) is 0 Å². The molecule has 3 aromatic carbocycles. The molecule has 0 atom stereocenters. The Labute approximate surface area is 233 Å². The maximum absolute atomic E-state index is 13.7. The van der Waals surface area contributed by atoms with Crippen LogP contribution >= 0.6 is 15.9 Å². The van der Waals surface area contributed by atoms with Gasteiger partial charge in [0, 0.05) is 5.69 Å². The first kappa shape index (κ1) is 29.3. The van der Waals surface area contributed by atoms with Gasteiger partial charge in [-0.15, -0.1) is 0 Å². The number of hydrazone groups is 1. The van der Waals surface area contributed by atoms with Crippen molar-refractivity contribution in [3.8, 4) is 11.5 Å². The lowest BCUT2D eigenvalue weighted by Crippen LogP contribution is -2.32. The van der Waals surface area contributed by atoms with Crippen molar-refractivity contribution in [2.45, 2.75) is 27.7 Å². The van der Waals surface area contributed by atoms with Crippen LogP contribution in [-0.4, -0.2) is 37.1 Å². The molecule has 0 aromatic heterocycles. The van der Waals surface area contributed by atoms with Gasteiger partial charge < -0.3 is 20.1 Å². The molecule has 0 aliphatic heterocycles. The summed E-state index contributed by atoms with van der Waals surface area (Å²) in [4.78, 5) is 36.6. The fourth-order valence-corrected chi connectivity index (χ4v) is 4.29. The highest BCUT2D eigenvalue weighted by atomic mass is 79.9. The molecule has 0 fully saturated rings. The summed E-state index contributed by atoms with van der Waals surface area (Å²) < 4.78 is 25.6. The van der Waals surface area contributed by atoms with Crippen molar-refractivity contribution in [3.05, 3.63) is 81.1 Å². The smallest absolute Gasteiger partial charge is 0.329 e. The first-order valence-corrected chi connectivity index (χ1v) is 12.7. The van der Waals surface area contributed by atoms with Crippen LogP contribution in [0.15, 0.2) is 58.1 Å². The molecular formula is C28H28BrFN4O5. The van der Waals surface area contributed by atoms with Crippen LogP contribution in [0.2, 0.25) is 0 Å². The van der Waals surface area contributed by atoms with Gasteiger partial charge >= 0.3 is 11.8 Å². The lowest BCUT2D eigenvalue weighted by atomic mass is 10.1. The van der Waals surface area contributed by atoms with E-state index in [1.54, 1.807) is 19.1 Å². The number of carbonyl (C=O) groups excluding carboxylic acids is 3. The van der Waals surface area contributed by atoms with Crippen molar-refractivity contribution < 1.29 is 28.2 Å². The quantitative estimate of drug-likeness (QED) is 0.182. The second kappa shape index (κ2) is 13.5. The number of rotatable bonds is 9. The summed E-state index contributed by atoms with van der Waals surface area (Å²) in [6, 6.07) is 12.7. The Bertz CT molecular complexity index is 1400. The third kappa shape index (κ3) is 8.11. The molecule has 0 bridgehead atoms. The first-order chi connectivity index (χ1) is 18.6. The molecule has 0 saturated carbocycles. The predicted molar refractivity (Wildman–Crippen MR) is 151 cm³/mol. The number of benzene rings is 3. The van der Waals surface area contributed by atoms with E-state index >= 15 is 0 Å². The molecule has 3 N–H and O–H groups in total. The summed E-state index contributed by atoms with van der Waals surface area (Å²) in [5, 5.41) is 8.84. The molecule has 3 rings (SSSR count). The highest BCUT2D eigenvalue weighted by Gasteiger charge is 2.17. The molecule has 0 aliphatic carbocycles. The van der Waals surface area contributed by atoms with Crippen LogP contribution in [0.25, 0.3) is 0 Å². The van der Waals surface area contributed by atoms with Gasteiger partial charge in [0.25, 0.3) is 5.91 Å². The topological polar surface area (TPSA) is 118 Å². The molecule has 3 amide bonds. The molecule has 0 aliphatic rings. The minimum atomic E-state index is -1.08. The fourth-order valence-electron chi connectivity index (χ4n) is 3.71. The lowest BCUT2D eigenvalue weighted by molar-refractivity contribution is -0.136. The molecule has 204 valence electrons. The highest BCUT2D eigenvalue weighted by Crippen LogP contribution is 2.36. The van der Waals surface area contributed by atoms with E-state index in [2.05, 4.69) is 37.1 Å². The monoisotopic (exact) mass is 598 g/mol. The van der Waals surface area contributed by atoms with Gasteiger partial charge in [-0.2, -0.15) is 5.10 Å². The van der Waals surface area contributed by atoms with E-state index in [1.165, 1.54) is 24.4 Å². The van der Waals surface area contributed by atoms with E-state index in [4.69, 9.17) is 9.47 Å². The number of carbonyl (C=O) groups is 3. The van der Waals surface area contributed by atoms with Crippen LogP contribution in [0.5, 0.6) is 11.5 Å². The molecule has 0 spiro atoms. The molecule has 0 unspecified atom stereocenters. The minimum Gasteiger partial charge on any atom is -0.490 e. The normalized spacial score (nSPS) is 10.7. The van der Waals surface area contributed by atoms with E-state index < -0.39 is 17.6 Å². The van der Waals surface area contributed by atoms with Crippen LogP contribution in [0.4, 0.5) is 15.8 Å². The molecule has 0 radical (unpaired) electrons. The zero-order chi connectivity index (χ0) is 28.5. The van der Waals surface area contributed by atoms with E-state index in [1.807, 2.05) is 32.9 Å². The second-order valence-corrected chi connectivity index (χ2v) is 9.36. The Balaban J connectivity index is 1.64. The maximum atomic E-state index is 13.7. The molecule has 0 saturated heterocycles. The number of amides is 3. The van der Waals surface area contributed by atoms with Crippen LogP contribution in [0.3, 0.4) is 0 Å². The second-order valence-electron chi connectivity index (χ2n) is 8.51. The third-order valence-corrected chi connectivity index (χ3v) is 5.92. The number of nitrogens with one attached hydrogen (secondary N) is 3. The van der Waals surface area contributed by atoms with Crippen LogP contribution in [0.1, 0.15) is 29.2 Å². The third-order valence-electron chi connectivity index (χ3n) is 5.33. The van der Waals surface area contributed by atoms with E-state index in [0.29, 0.717) is 28.1 Å². The number of hydrogen-bond donors (Lipinski definition) is 3. The van der Waals surface area contributed by atoms with Crippen molar-refractivity contribution in [1.82, 2.24) is 5.43 Å². The summed E-state index contributed by atoms with van der Waals surface area (Å²) in [5.41, 5.74) is 6.23. The number of nitrogens with zero attached hydrogens (tertiary/aromatic N) is 1. The molecule has 3 aromatic rings. The van der Waals surface area contributed by atoms with Crippen LogP contribution in [-0.2, 0) is 14.4 Å². The fraction of sp³-hybridized carbons (Fsp3) is 0.214. The van der Waals surface area contributed by atoms with Gasteiger partial charge in [0.15, 0.2) is 18.1 Å². The predicted octanol–water partition coefficient (Wildman–Crippen LogP) is 5.02. The van der Waals surface area contributed by atoms with Crippen molar-refractivity contribution >= 4 is 51.2 Å². The molecule has 9 nitrogen and oxygen atoms in total. The number of ether oxygens (including phenoxy) is 2. The average Bonchev–Trinajstić information content (AvgIpc) is 2.87. The van der Waals surface area contributed by atoms with Crippen LogP contribution < -0.4 is 25.5 Å². The average molecular weight is 599 g/mol. The maximum Gasteiger partial charge on any atom is 0.329 e. The van der Waals surface area contributed by atoms with Gasteiger partial charge in [-0.05, 0) is 84.6 Å². The largest absolute Gasteiger partial charge is 0.490 e. The highest BCUT2D eigenvalue weighted by molar-refractivity contribution is 9.10. The van der Waals surface area contributed by atoms with Crippen molar-refractivity contribution in [2.24, 2.45) is 5.10 Å². The summed E-state index contributed by atoms with van der Waals surface area (Å²) in [7, 11) is 0. The van der Waals surface area contributed by atoms with Crippen LogP contribution in [0, 0.1) is 26.6 Å². The minimum absolute atomic E-state index is 0.125. The number of para-hydroxylation sites is 1. The number of aryl methyl sites for hydroxylation is 3. The molecule has 39 heavy (non-hydrogen) atoms. The summed E-state index contributed by atoms with van der Waals surface area (Å²) in [6.07, 6.45) is 1.29. The Morgan fingerprint density at radius 1 is 0.974 bits per heavy atom. The first-order valence-electron chi connectivity index (χ1n) is 11.9. The molecule has 11 heteroatoms. The van der Waals surface area contributed by atoms with Gasteiger partial charge in [-0.3, -0.25) is 14.4 Å². The summed E-state index contributed by atoms with van der Waals surface area (Å²) >= 11 is 3.42.